The molecule has 0 atom stereocenters. The third-order valence-corrected chi connectivity index (χ3v) is 3.52. The van der Waals surface area contributed by atoms with Crippen LogP contribution in [-0.2, 0) is 19.4 Å². The lowest BCUT2D eigenvalue weighted by atomic mass is 10.2. The fourth-order valence-corrected chi connectivity index (χ4v) is 2.57. The average Bonchev–Trinajstić information content (AvgIpc) is 3.05. The minimum Gasteiger partial charge on any atom is -0.469 e. The second-order valence-corrected chi connectivity index (χ2v) is 5.08. The van der Waals surface area contributed by atoms with Gasteiger partial charge in [-0.25, -0.2) is 13.8 Å². The molecular weight excluding hydrogens is 298 g/mol. The summed E-state index contributed by atoms with van der Waals surface area (Å²) in [6.07, 6.45) is 2.71. The van der Waals surface area contributed by atoms with Gasteiger partial charge in [0, 0.05) is 31.3 Å². The highest BCUT2D eigenvalue weighted by molar-refractivity contribution is 6.17. The van der Waals surface area contributed by atoms with E-state index in [0.29, 0.717) is 36.6 Å². The van der Waals surface area contributed by atoms with Crippen molar-refractivity contribution in [2.45, 2.75) is 19.4 Å². The molecule has 3 rings (SSSR count). The molecule has 6 heteroatoms. The van der Waals surface area contributed by atoms with Crippen LogP contribution in [0.4, 0.5) is 8.78 Å². The van der Waals surface area contributed by atoms with Crippen LogP contribution in [0.1, 0.15) is 11.6 Å². The number of furan rings is 1. The van der Waals surface area contributed by atoms with E-state index in [0.717, 1.165) is 11.8 Å². The Kier molecular flexibility index (Phi) is 3.92. The maximum Gasteiger partial charge on any atom is 0.153 e. The molecule has 0 aliphatic carbocycles. The third-order valence-electron chi connectivity index (χ3n) is 3.33. The molecule has 0 fully saturated rings. The van der Waals surface area contributed by atoms with Gasteiger partial charge in [-0.15, -0.1) is 11.6 Å². The molecule has 0 radical (unpaired) electrons. The van der Waals surface area contributed by atoms with Crippen molar-refractivity contribution in [1.29, 1.82) is 0 Å². The topological polar surface area (TPSA) is 31.0 Å². The number of nitrogens with zero attached hydrogens (tertiary/aromatic N) is 2. The Morgan fingerprint density at radius 2 is 2.10 bits per heavy atom. The Morgan fingerprint density at radius 3 is 2.81 bits per heavy atom. The Bertz CT molecular complexity index is 753. The van der Waals surface area contributed by atoms with E-state index in [1.165, 1.54) is 6.07 Å². The lowest BCUT2D eigenvalue weighted by molar-refractivity contribution is 0.490. The van der Waals surface area contributed by atoms with Crippen LogP contribution in [-0.4, -0.2) is 15.4 Å². The van der Waals surface area contributed by atoms with Crippen molar-refractivity contribution in [3.05, 3.63) is 53.7 Å². The molecule has 0 unspecified atom stereocenters. The van der Waals surface area contributed by atoms with E-state index in [2.05, 4.69) is 4.98 Å². The van der Waals surface area contributed by atoms with E-state index in [4.69, 9.17) is 16.0 Å². The largest absolute Gasteiger partial charge is 0.469 e. The lowest BCUT2D eigenvalue weighted by Gasteiger charge is -2.07. The fourth-order valence-electron chi connectivity index (χ4n) is 2.40. The zero-order valence-corrected chi connectivity index (χ0v) is 11.9. The SMILES string of the molecule is Fc1cc(F)c2nc(CCCl)n(CCc3ccco3)c2c1. The summed E-state index contributed by atoms with van der Waals surface area (Å²) in [6.45, 7) is 0.527. The zero-order valence-electron chi connectivity index (χ0n) is 11.2. The van der Waals surface area contributed by atoms with Crippen LogP contribution < -0.4 is 0 Å². The highest BCUT2D eigenvalue weighted by Crippen LogP contribution is 2.22. The van der Waals surface area contributed by atoms with Gasteiger partial charge in [0.2, 0.25) is 0 Å². The molecule has 0 amide bonds. The first kappa shape index (κ1) is 14.1. The van der Waals surface area contributed by atoms with Crippen LogP contribution in [0.3, 0.4) is 0 Å². The molecule has 2 heterocycles. The molecule has 0 aliphatic heterocycles. The molecule has 1 aromatic carbocycles. The predicted octanol–water partition coefficient (Wildman–Crippen LogP) is 3.93. The Balaban J connectivity index is 2.02. The van der Waals surface area contributed by atoms with Crippen LogP contribution in [0.5, 0.6) is 0 Å². The molecule has 3 nitrogen and oxygen atoms in total. The molecule has 0 aliphatic rings. The number of alkyl halides is 1. The average molecular weight is 311 g/mol. The van der Waals surface area contributed by atoms with Crippen LogP contribution in [0.2, 0.25) is 0 Å². The number of benzene rings is 1. The number of hydrogen-bond acceptors (Lipinski definition) is 2. The number of imidazole rings is 1. The lowest BCUT2D eigenvalue weighted by Crippen LogP contribution is -2.07. The summed E-state index contributed by atoms with van der Waals surface area (Å²) in [6, 6.07) is 5.81. The number of halogens is 3. The van der Waals surface area contributed by atoms with Crippen LogP contribution in [0.25, 0.3) is 11.0 Å². The maximum atomic E-state index is 13.8. The van der Waals surface area contributed by atoms with Gasteiger partial charge in [0.25, 0.3) is 0 Å². The van der Waals surface area contributed by atoms with E-state index >= 15 is 0 Å². The molecule has 2 aromatic heterocycles. The zero-order chi connectivity index (χ0) is 14.8. The summed E-state index contributed by atoms with van der Waals surface area (Å²) >= 11 is 5.77. The number of aromatic nitrogens is 2. The van der Waals surface area contributed by atoms with E-state index in [1.807, 2.05) is 6.07 Å². The highest BCUT2D eigenvalue weighted by atomic mass is 35.5. The van der Waals surface area contributed by atoms with Gasteiger partial charge >= 0.3 is 0 Å². The molecule has 21 heavy (non-hydrogen) atoms. The van der Waals surface area contributed by atoms with Crippen LogP contribution >= 0.6 is 11.6 Å². The summed E-state index contributed by atoms with van der Waals surface area (Å²) in [5.74, 6) is 0.560. The molecule has 0 saturated carbocycles. The van der Waals surface area contributed by atoms with E-state index in [-0.39, 0.29) is 5.52 Å². The quantitative estimate of drug-likeness (QED) is 0.669. The fraction of sp³-hybridized carbons (Fsp3) is 0.267. The van der Waals surface area contributed by atoms with Gasteiger partial charge in [-0.3, -0.25) is 0 Å². The van der Waals surface area contributed by atoms with Gasteiger partial charge in [-0.1, -0.05) is 0 Å². The summed E-state index contributed by atoms with van der Waals surface area (Å²) in [5.41, 5.74) is 0.620. The predicted molar refractivity (Wildman–Crippen MR) is 76.5 cm³/mol. The monoisotopic (exact) mass is 310 g/mol. The first-order valence-electron chi connectivity index (χ1n) is 6.61. The van der Waals surface area contributed by atoms with Crippen molar-refractivity contribution < 1.29 is 13.2 Å². The minimum atomic E-state index is -0.655. The van der Waals surface area contributed by atoms with Gasteiger partial charge in [-0.05, 0) is 18.2 Å². The Labute approximate surface area is 125 Å². The molecule has 0 bridgehead atoms. The van der Waals surface area contributed by atoms with Crippen molar-refractivity contribution in [2.24, 2.45) is 0 Å². The van der Waals surface area contributed by atoms with E-state index in [1.54, 1.807) is 16.9 Å². The van der Waals surface area contributed by atoms with Crippen LogP contribution in [0.15, 0.2) is 34.9 Å². The molecule has 3 aromatic rings. The molecule has 0 saturated heterocycles. The summed E-state index contributed by atoms with van der Waals surface area (Å²) < 4.78 is 34.4. The normalized spacial score (nSPS) is 11.4. The second-order valence-electron chi connectivity index (χ2n) is 4.70. The summed E-state index contributed by atoms with van der Waals surface area (Å²) in [5, 5.41) is 0. The Hall–Kier alpha value is -1.88. The number of hydrogen-bond donors (Lipinski definition) is 0. The van der Waals surface area contributed by atoms with Crippen molar-refractivity contribution in [3.63, 3.8) is 0 Å². The Morgan fingerprint density at radius 1 is 1.24 bits per heavy atom. The van der Waals surface area contributed by atoms with Gasteiger partial charge in [0.1, 0.15) is 22.9 Å². The van der Waals surface area contributed by atoms with Crippen molar-refractivity contribution in [1.82, 2.24) is 9.55 Å². The van der Waals surface area contributed by atoms with Crippen LogP contribution in [0, 0.1) is 11.6 Å². The summed E-state index contributed by atoms with van der Waals surface area (Å²) in [4.78, 5) is 4.25. The van der Waals surface area contributed by atoms with Gasteiger partial charge < -0.3 is 8.98 Å². The van der Waals surface area contributed by atoms with Crippen molar-refractivity contribution in [3.8, 4) is 0 Å². The van der Waals surface area contributed by atoms with E-state index < -0.39 is 11.6 Å². The van der Waals surface area contributed by atoms with Crippen molar-refractivity contribution in [2.75, 3.05) is 5.88 Å². The molecular formula is C15H13ClF2N2O. The number of aryl methyl sites for hydroxylation is 3. The molecule has 0 spiro atoms. The van der Waals surface area contributed by atoms with Gasteiger partial charge in [0.05, 0.1) is 11.8 Å². The highest BCUT2D eigenvalue weighted by Gasteiger charge is 2.15. The first-order chi connectivity index (χ1) is 10.2. The second kappa shape index (κ2) is 5.85. The standard InChI is InChI=1S/C15H13ClF2N2O/c16-5-3-14-19-15-12(18)8-10(17)9-13(15)20(14)6-4-11-2-1-7-21-11/h1-2,7-9H,3-6H2. The van der Waals surface area contributed by atoms with Gasteiger partial charge in [-0.2, -0.15) is 0 Å². The first-order valence-corrected chi connectivity index (χ1v) is 7.15. The van der Waals surface area contributed by atoms with E-state index in [9.17, 15) is 8.78 Å². The number of rotatable bonds is 5. The van der Waals surface area contributed by atoms with Crippen molar-refractivity contribution >= 4 is 22.6 Å². The third kappa shape index (κ3) is 2.78. The summed E-state index contributed by atoms with van der Waals surface area (Å²) in [7, 11) is 0. The van der Waals surface area contributed by atoms with Gasteiger partial charge in [0.15, 0.2) is 5.82 Å². The number of fused-ring (bicyclic) bond motifs is 1. The smallest absolute Gasteiger partial charge is 0.153 e. The molecule has 110 valence electrons. The minimum absolute atomic E-state index is 0.177. The maximum absolute atomic E-state index is 13.8. The molecule has 0 N–H and O–H groups in total.